The van der Waals surface area contributed by atoms with Crippen molar-refractivity contribution in [2.45, 2.75) is 55.9 Å². The molecule has 2 aliphatic heterocycles. The van der Waals surface area contributed by atoms with Crippen molar-refractivity contribution in [2.24, 2.45) is 11.8 Å². The van der Waals surface area contributed by atoms with Gasteiger partial charge in [-0.3, -0.25) is 9.59 Å². The minimum Gasteiger partial charge on any atom is -0.497 e. The highest BCUT2D eigenvalue weighted by molar-refractivity contribution is 7.89. The lowest BCUT2D eigenvalue weighted by Gasteiger charge is -2.42. The number of pyridine rings is 1. The molecule has 1 aromatic carbocycles. The van der Waals surface area contributed by atoms with E-state index in [0.29, 0.717) is 24.5 Å². The van der Waals surface area contributed by atoms with Gasteiger partial charge in [0.15, 0.2) is 0 Å². The van der Waals surface area contributed by atoms with Crippen LogP contribution in [-0.2, 0) is 21.4 Å². The number of methoxy groups -OCH3 is 1. The van der Waals surface area contributed by atoms with E-state index in [2.05, 4.69) is 5.32 Å². The number of rotatable bonds is 5. The number of hydrogen-bond donors (Lipinski definition) is 1. The van der Waals surface area contributed by atoms with Gasteiger partial charge in [0.05, 0.1) is 17.7 Å². The molecule has 1 saturated heterocycles. The van der Waals surface area contributed by atoms with Crippen LogP contribution in [0.3, 0.4) is 0 Å². The first-order chi connectivity index (χ1) is 16.4. The fourth-order valence-corrected chi connectivity index (χ4v) is 7.33. The first kappa shape index (κ1) is 23.1. The first-order valence-corrected chi connectivity index (χ1v) is 13.5. The smallest absolute Gasteiger partial charge is 0.250 e. The van der Waals surface area contributed by atoms with E-state index in [1.807, 2.05) is 0 Å². The third kappa shape index (κ3) is 4.27. The molecule has 34 heavy (non-hydrogen) atoms. The number of hydrogen-bond acceptors (Lipinski definition) is 5. The zero-order valence-corrected chi connectivity index (χ0v) is 20.2. The Morgan fingerprint density at radius 1 is 1.00 bits per heavy atom. The Hall–Kier alpha value is -2.65. The number of sulfonamides is 1. The summed E-state index contributed by atoms with van der Waals surface area (Å²) >= 11 is 0. The number of ether oxygens (including phenoxy) is 1. The Kier molecular flexibility index (Phi) is 6.24. The summed E-state index contributed by atoms with van der Waals surface area (Å²) in [5.74, 6) is 0.483. The summed E-state index contributed by atoms with van der Waals surface area (Å²) in [7, 11) is -2.15. The maximum atomic E-state index is 13.4. The van der Waals surface area contributed by atoms with Crippen LogP contribution in [0.5, 0.6) is 5.75 Å². The average molecular weight is 486 g/mol. The van der Waals surface area contributed by atoms with Gasteiger partial charge in [0.1, 0.15) is 5.75 Å². The van der Waals surface area contributed by atoms with Crippen molar-refractivity contribution in [3.63, 3.8) is 0 Å². The summed E-state index contributed by atoms with van der Waals surface area (Å²) in [5.41, 5.74) is 1.29. The predicted molar refractivity (Wildman–Crippen MR) is 129 cm³/mol. The van der Waals surface area contributed by atoms with E-state index in [-0.39, 0.29) is 40.7 Å². The minimum absolute atomic E-state index is 0.00166. The fourth-order valence-electron chi connectivity index (χ4n) is 5.77. The molecule has 9 heteroatoms. The Bertz CT molecular complexity index is 1230. The number of amides is 1. The predicted octanol–water partition coefficient (Wildman–Crippen LogP) is 3.18. The highest BCUT2D eigenvalue weighted by Gasteiger charge is 2.41. The lowest BCUT2D eigenvalue weighted by atomic mass is 9.83. The lowest BCUT2D eigenvalue weighted by Crippen LogP contribution is -2.49. The van der Waals surface area contributed by atoms with Crippen LogP contribution in [0.4, 0.5) is 5.69 Å². The van der Waals surface area contributed by atoms with E-state index in [1.54, 1.807) is 42.0 Å². The van der Waals surface area contributed by atoms with E-state index < -0.39 is 10.0 Å². The summed E-state index contributed by atoms with van der Waals surface area (Å²) in [6.07, 6.45) is 5.87. The largest absolute Gasteiger partial charge is 0.497 e. The zero-order valence-electron chi connectivity index (χ0n) is 19.4. The SMILES string of the molecule is COc1ccc(S(=O)(=O)N2C[C@H]3C[C@H](C2)c2c(NC(=O)C4CCCCC4)ccc(=O)n2C3)cc1. The van der Waals surface area contributed by atoms with Crippen molar-refractivity contribution >= 4 is 21.6 Å². The second-order valence-corrected chi connectivity index (χ2v) is 11.6. The molecule has 1 aliphatic carbocycles. The molecule has 3 heterocycles. The number of anilines is 1. The number of fused-ring (bicyclic) bond motifs is 4. The average Bonchev–Trinajstić information content (AvgIpc) is 2.86. The van der Waals surface area contributed by atoms with Gasteiger partial charge in [0.25, 0.3) is 5.56 Å². The second-order valence-electron chi connectivity index (χ2n) is 9.70. The zero-order chi connectivity index (χ0) is 23.9. The number of carbonyl (C=O) groups is 1. The van der Waals surface area contributed by atoms with Crippen LogP contribution in [0.1, 0.15) is 50.1 Å². The van der Waals surface area contributed by atoms with Crippen LogP contribution >= 0.6 is 0 Å². The molecule has 0 spiro atoms. The van der Waals surface area contributed by atoms with Gasteiger partial charge in [-0.1, -0.05) is 19.3 Å². The van der Waals surface area contributed by atoms with Gasteiger partial charge in [-0.05, 0) is 55.5 Å². The normalized spacial score (nSPS) is 23.2. The number of aromatic nitrogens is 1. The monoisotopic (exact) mass is 485 g/mol. The Labute approximate surface area is 200 Å². The van der Waals surface area contributed by atoms with Crippen molar-refractivity contribution in [3.8, 4) is 5.75 Å². The van der Waals surface area contributed by atoms with Crippen LogP contribution in [0, 0.1) is 11.8 Å². The molecule has 1 saturated carbocycles. The number of piperidine rings is 1. The molecule has 2 aromatic rings. The van der Waals surface area contributed by atoms with Crippen LogP contribution < -0.4 is 15.6 Å². The van der Waals surface area contributed by atoms with Crippen molar-refractivity contribution in [1.82, 2.24) is 8.87 Å². The summed E-state index contributed by atoms with van der Waals surface area (Å²) in [6, 6.07) is 9.61. The van der Waals surface area contributed by atoms with Crippen molar-refractivity contribution in [1.29, 1.82) is 0 Å². The molecule has 2 atom stereocenters. The third-order valence-corrected chi connectivity index (χ3v) is 9.33. The lowest BCUT2D eigenvalue weighted by molar-refractivity contribution is -0.120. The molecule has 2 bridgehead atoms. The quantitative estimate of drug-likeness (QED) is 0.702. The highest BCUT2D eigenvalue weighted by atomic mass is 32.2. The van der Waals surface area contributed by atoms with Gasteiger partial charge in [0.2, 0.25) is 15.9 Å². The van der Waals surface area contributed by atoms with Gasteiger partial charge < -0.3 is 14.6 Å². The summed E-state index contributed by atoms with van der Waals surface area (Å²) in [4.78, 5) is 25.9. The van der Waals surface area contributed by atoms with Crippen LogP contribution in [0.15, 0.2) is 46.1 Å². The minimum atomic E-state index is -3.69. The Morgan fingerprint density at radius 3 is 2.44 bits per heavy atom. The molecule has 3 aliphatic rings. The van der Waals surface area contributed by atoms with Crippen molar-refractivity contribution in [2.75, 3.05) is 25.5 Å². The molecule has 5 rings (SSSR count). The summed E-state index contributed by atoms with van der Waals surface area (Å²) < 4.78 is 35.2. The Balaban J connectivity index is 1.43. The maximum absolute atomic E-state index is 13.4. The van der Waals surface area contributed by atoms with Gasteiger partial charge >= 0.3 is 0 Å². The van der Waals surface area contributed by atoms with Crippen LogP contribution in [-0.4, -0.2) is 43.4 Å². The molecular formula is C25H31N3O5S. The molecule has 0 unspecified atom stereocenters. The fraction of sp³-hybridized carbons (Fsp3) is 0.520. The van der Waals surface area contributed by atoms with E-state index in [9.17, 15) is 18.0 Å². The van der Waals surface area contributed by atoms with Gasteiger partial charge in [-0.15, -0.1) is 0 Å². The van der Waals surface area contributed by atoms with Gasteiger partial charge in [-0.25, -0.2) is 8.42 Å². The number of benzene rings is 1. The van der Waals surface area contributed by atoms with Gasteiger partial charge in [0, 0.05) is 43.2 Å². The van der Waals surface area contributed by atoms with Crippen LogP contribution in [0.2, 0.25) is 0 Å². The van der Waals surface area contributed by atoms with E-state index in [0.717, 1.165) is 37.8 Å². The second kappa shape index (κ2) is 9.19. The number of nitrogens with one attached hydrogen (secondary N) is 1. The molecule has 1 aromatic heterocycles. The highest BCUT2D eigenvalue weighted by Crippen LogP contribution is 2.40. The Morgan fingerprint density at radius 2 is 1.74 bits per heavy atom. The van der Waals surface area contributed by atoms with Gasteiger partial charge in [-0.2, -0.15) is 4.31 Å². The van der Waals surface area contributed by atoms with E-state index in [4.69, 9.17) is 4.74 Å². The summed E-state index contributed by atoms with van der Waals surface area (Å²) in [5, 5.41) is 3.09. The topological polar surface area (TPSA) is 97.7 Å². The summed E-state index contributed by atoms with van der Waals surface area (Å²) in [6.45, 7) is 1.10. The molecule has 182 valence electrons. The molecule has 0 radical (unpaired) electrons. The number of nitrogens with zero attached hydrogens (tertiary/aromatic N) is 2. The molecular weight excluding hydrogens is 454 g/mol. The van der Waals surface area contributed by atoms with E-state index >= 15 is 0 Å². The first-order valence-electron chi connectivity index (χ1n) is 12.1. The maximum Gasteiger partial charge on any atom is 0.250 e. The third-order valence-electron chi connectivity index (χ3n) is 7.49. The van der Waals surface area contributed by atoms with Crippen molar-refractivity contribution < 1.29 is 17.9 Å². The molecule has 1 N–H and O–H groups in total. The molecule has 8 nitrogen and oxygen atoms in total. The number of carbonyl (C=O) groups excluding carboxylic acids is 1. The molecule has 2 fully saturated rings. The standard InChI is InChI=1S/C25H31N3O5S/c1-33-20-7-9-21(10-8-20)34(31,32)27-14-17-13-19(16-27)24-22(11-12-23(29)28(24)15-17)26-25(30)18-5-3-2-4-6-18/h7-12,17-19H,2-6,13-16H2,1H3,(H,26,30)/t17-,19-/m1/s1. The van der Waals surface area contributed by atoms with E-state index in [1.165, 1.54) is 16.8 Å². The molecule has 1 amide bonds. The van der Waals surface area contributed by atoms with Crippen molar-refractivity contribution in [3.05, 3.63) is 52.4 Å². The van der Waals surface area contributed by atoms with Crippen LogP contribution in [0.25, 0.3) is 0 Å².